The molecular formula is C14H24N2O4SSi. The molecule has 2 aliphatic rings. The number of amides is 1. The van der Waals surface area contributed by atoms with E-state index in [1.165, 1.54) is 16.7 Å². The maximum Gasteiger partial charge on any atom is 0.342 e. The third kappa shape index (κ3) is 3.24. The standard InChI is InChI=1S/C14H24N2O4SSi/c1-8(17)11-9-7-10(21-6-5-15)12(16(9)13(11)18)14(19)20-22(2,3)4/h8-9,11,17H,5-7,15H2,1-4H3/t8-,9-,11-/m1/s1. The van der Waals surface area contributed by atoms with Gasteiger partial charge in [0.25, 0.3) is 0 Å². The zero-order valence-electron chi connectivity index (χ0n) is 13.5. The van der Waals surface area contributed by atoms with Crippen LogP contribution in [-0.4, -0.2) is 54.6 Å². The molecule has 124 valence electrons. The fraction of sp³-hybridized carbons (Fsp3) is 0.714. The molecule has 0 aromatic heterocycles. The van der Waals surface area contributed by atoms with Crippen molar-refractivity contribution in [2.45, 2.75) is 45.1 Å². The molecule has 0 radical (unpaired) electrons. The van der Waals surface area contributed by atoms with Gasteiger partial charge in [-0.15, -0.1) is 11.8 Å². The van der Waals surface area contributed by atoms with Crippen LogP contribution in [0.15, 0.2) is 10.6 Å². The lowest BCUT2D eigenvalue weighted by atomic mass is 9.83. The average molecular weight is 345 g/mol. The number of rotatable bonds is 6. The Hall–Kier alpha value is -0.833. The van der Waals surface area contributed by atoms with Crippen molar-refractivity contribution in [2.75, 3.05) is 12.3 Å². The molecule has 8 heteroatoms. The van der Waals surface area contributed by atoms with Gasteiger partial charge in [0.1, 0.15) is 5.70 Å². The van der Waals surface area contributed by atoms with Gasteiger partial charge in [-0.1, -0.05) is 0 Å². The summed E-state index contributed by atoms with van der Waals surface area (Å²) in [5.41, 5.74) is 5.91. The van der Waals surface area contributed by atoms with E-state index < -0.39 is 26.3 Å². The number of nitrogens with zero attached hydrogens (tertiary/aromatic N) is 1. The number of hydrogen-bond donors (Lipinski definition) is 2. The lowest BCUT2D eigenvalue weighted by Gasteiger charge is -2.45. The van der Waals surface area contributed by atoms with Gasteiger partial charge in [0, 0.05) is 23.6 Å². The van der Waals surface area contributed by atoms with Gasteiger partial charge in [-0.05, 0) is 26.6 Å². The average Bonchev–Trinajstić information content (AvgIpc) is 2.68. The Morgan fingerprint density at radius 2 is 2.18 bits per heavy atom. The Bertz CT molecular complexity index is 515. The van der Waals surface area contributed by atoms with Crippen LogP contribution in [0, 0.1) is 5.92 Å². The van der Waals surface area contributed by atoms with Crippen molar-refractivity contribution in [3.8, 4) is 0 Å². The molecule has 0 aliphatic carbocycles. The molecule has 0 aromatic carbocycles. The minimum Gasteiger partial charge on any atom is -0.515 e. The van der Waals surface area contributed by atoms with Crippen LogP contribution in [-0.2, 0) is 14.0 Å². The molecule has 1 amide bonds. The molecule has 0 unspecified atom stereocenters. The number of carbonyl (C=O) groups excluding carboxylic acids is 2. The summed E-state index contributed by atoms with van der Waals surface area (Å²) in [4.78, 5) is 27.2. The highest BCUT2D eigenvalue weighted by Gasteiger charge is 2.57. The van der Waals surface area contributed by atoms with Crippen LogP contribution < -0.4 is 5.73 Å². The largest absolute Gasteiger partial charge is 0.515 e. The first-order valence-electron chi connectivity index (χ1n) is 7.48. The molecule has 0 saturated carbocycles. The van der Waals surface area contributed by atoms with Gasteiger partial charge in [0.2, 0.25) is 14.2 Å². The molecule has 1 fully saturated rings. The summed E-state index contributed by atoms with van der Waals surface area (Å²) in [6, 6.07) is -0.128. The Labute approximate surface area is 136 Å². The molecule has 0 bridgehead atoms. The van der Waals surface area contributed by atoms with Crippen LogP contribution >= 0.6 is 11.8 Å². The number of hydrogen-bond acceptors (Lipinski definition) is 6. The minimum atomic E-state index is -2.04. The molecule has 1 saturated heterocycles. The fourth-order valence-electron chi connectivity index (χ4n) is 2.86. The highest BCUT2D eigenvalue weighted by Crippen LogP contribution is 2.47. The van der Waals surface area contributed by atoms with Gasteiger partial charge in [-0.2, -0.15) is 0 Å². The summed E-state index contributed by atoms with van der Waals surface area (Å²) in [7, 11) is -2.04. The monoisotopic (exact) mass is 344 g/mol. The normalized spacial score (nSPS) is 25.9. The molecule has 2 aliphatic heterocycles. The fourth-order valence-corrected chi connectivity index (χ4v) is 4.48. The lowest BCUT2D eigenvalue weighted by Crippen LogP contribution is -2.62. The Morgan fingerprint density at radius 3 is 2.68 bits per heavy atom. The van der Waals surface area contributed by atoms with E-state index in [9.17, 15) is 14.7 Å². The number of β-lactam (4-membered cyclic amide) rings is 1. The van der Waals surface area contributed by atoms with E-state index in [4.69, 9.17) is 10.2 Å². The zero-order chi connectivity index (χ0) is 16.7. The van der Waals surface area contributed by atoms with Crippen molar-refractivity contribution in [2.24, 2.45) is 11.7 Å². The zero-order valence-corrected chi connectivity index (χ0v) is 15.3. The van der Waals surface area contributed by atoms with E-state index in [2.05, 4.69) is 0 Å². The first-order valence-corrected chi connectivity index (χ1v) is 11.9. The number of thioether (sulfide) groups is 1. The third-order valence-corrected chi connectivity index (χ3v) is 5.62. The van der Waals surface area contributed by atoms with E-state index >= 15 is 0 Å². The molecule has 22 heavy (non-hydrogen) atoms. The van der Waals surface area contributed by atoms with E-state index in [-0.39, 0.29) is 11.9 Å². The minimum absolute atomic E-state index is 0.128. The highest BCUT2D eigenvalue weighted by atomic mass is 32.2. The molecule has 0 spiro atoms. The van der Waals surface area contributed by atoms with Gasteiger partial charge < -0.3 is 20.2 Å². The SMILES string of the molecule is C[C@@H](O)[C@H]1C(=O)N2C(C(=O)O[Si](C)(C)C)=C(SCCN)C[C@H]12. The maximum absolute atomic E-state index is 12.5. The molecule has 3 atom stereocenters. The first kappa shape index (κ1) is 17.5. The number of aliphatic hydroxyl groups is 1. The number of aliphatic hydroxyl groups excluding tert-OH is 1. The quantitative estimate of drug-likeness (QED) is 0.549. The van der Waals surface area contributed by atoms with Crippen molar-refractivity contribution in [3.63, 3.8) is 0 Å². The summed E-state index contributed by atoms with van der Waals surface area (Å²) < 4.78 is 5.57. The summed E-state index contributed by atoms with van der Waals surface area (Å²) in [5.74, 6) is -0.345. The van der Waals surface area contributed by atoms with Crippen LogP contribution in [0.5, 0.6) is 0 Å². The summed E-state index contributed by atoms with van der Waals surface area (Å²) in [6.45, 7) is 7.91. The van der Waals surface area contributed by atoms with Crippen molar-refractivity contribution >= 4 is 32.0 Å². The maximum atomic E-state index is 12.5. The van der Waals surface area contributed by atoms with Crippen molar-refractivity contribution in [1.29, 1.82) is 0 Å². The molecular weight excluding hydrogens is 320 g/mol. The second-order valence-electron chi connectivity index (χ2n) is 6.66. The van der Waals surface area contributed by atoms with Gasteiger partial charge in [0.05, 0.1) is 18.1 Å². The predicted octanol–water partition coefficient (Wildman–Crippen LogP) is 0.879. The van der Waals surface area contributed by atoms with Crippen LogP contribution in [0.2, 0.25) is 19.6 Å². The summed E-state index contributed by atoms with van der Waals surface area (Å²) in [5, 5.41) is 9.76. The summed E-state index contributed by atoms with van der Waals surface area (Å²) in [6.07, 6.45) is -0.107. The topological polar surface area (TPSA) is 92.9 Å². The van der Waals surface area contributed by atoms with Gasteiger partial charge in [-0.25, -0.2) is 4.79 Å². The molecule has 2 heterocycles. The summed E-state index contributed by atoms with van der Waals surface area (Å²) >= 11 is 1.50. The second-order valence-corrected chi connectivity index (χ2v) is 12.3. The van der Waals surface area contributed by atoms with Crippen molar-refractivity contribution in [3.05, 3.63) is 10.6 Å². The number of fused-ring (bicyclic) bond motifs is 1. The second kappa shape index (κ2) is 6.35. The van der Waals surface area contributed by atoms with Crippen molar-refractivity contribution in [1.82, 2.24) is 4.90 Å². The van der Waals surface area contributed by atoms with E-state index in [0.29, 0.717) is 24.4 Å². The van der Waals surface area contributed by atoms with E-state index in [0.717, 1.165) is 4.91 Å². The van der Waals surface area contributed by atoms with Crippen LogP contribution in [0.3, 0.4) is 0 Å². The van der Waals surface area contributed by atoms with E-state index in [1.54, 1.807) is 6.92 Å². The predicted molar refractivity (Wildman–Crippen MR) is 88.4 cm³/mol. The highest BCUT2D eigenvalue weighted by molar-refractivity contribution is 8.03. The number of nitrogens with two attached hydrogens (primary N) is 1. The molecule has 6 nitrogen and oxygen atoms in total. The third-order valence-electron chi connectivity index (χ3n) is 3.67. The number of carbonyl (C=O) groups is 2. The molecule has 3 N–H and O–H groups in total. The smallest absolute Gasteiger partial charge is 0.342 e. The van der Waals surface area contributed by atoms with Gasteiger partial charge >= 0.3 is 5.97 Å². The van der Waals surface area contributed by atoms with Gasteiger partial charge in [0.15, 0.2) is 0 Å². The first-order chi connectivity index (χ1) is 10.2. The molecule has 2 rings (SSSR count). The Morgan fingerprint density at radius 1 is 1.55 bits per heavy atom. The van der Waals surface area contributed by atoms with Crippen LogP contribution in [0.25, 0.3) is 0 Å². The van der Waals surface area contributed by atoms with Crippen molar-refractivity contribution < 1.29 is 19.1 Å². The Balaban J connectivity index is 2.25. The molecule has 0 aromatic rings. The van der Waals surface area contributed by atoms with Crippen LogP contribution in [0.4, 0.5) is 0 Å². The van der Waals surface area contributed by atoms with Gasteiger partial charge in [-0.3, -0.25) is 4.79 Å². The van der Waals surface area contributed by atoms with E-state index in [1.807, 2.05) is 19.6 Å². The Kier molecular flexibility index (Phi) is 5.05. The van der Waals surface area contributed by atoms with Crippen LogP contribution in [0.1, 0.15) is 13.3 Å². The lowest BCUT2D eigenvalue weighted by molar-refractivity contribution is -0.160.